The molecule has 0 aliphatic carbocycles. The van der Waals surface area contributed by atoms with Gasteiger partial charge in [-0.15, -0.1) is 0 Å². The van der Waals surface area contributed by atoms with Gasteiger partial charge in [-0.3, -0.25) is 0 Å². The van der Waals surface area contributed by atoms with Crippen LogP contribution in [0.3, 0.4) is 0 Å². The Morgan fingerprint density at radius 2 is 2.00 bits per heavy atom. The zero-order valence-corrected chi connectivity index (χ0v) is 9.26. The summed E-state index contributed by atoms with van der Waals surface area (Å²) in [4.78, 5) is 0. The number of nitrogens with two attached hydrogens (primary N) is 1. The van der Waals surface area contributed by atoms with Gasteiger partial charge in [0.1, 0.15) is 0 Å². The molecule has 0 amide bonds. The Labute approximate surface area is 94.6 Å². The summed E-state index contributed by atoms with van der Waals surface area (Å²) in [7, 11) is 1.64. The Kier molecular flexibility index (Phi) is 3.22. The van der Waals surface area contributed by atoms with E-state index in [2.05, 4.69) is 17.2 Å². The number of nitrogens with zero attached hydrogens (tertiary/aromatic N) is 2. The monoisotopic (exact) mass is 217 g/mol. The van der Waals surface area contributed by atoms with E-state index >= 15 is 0 Å². The second kappa shape index (κ2) is 4.81. The van der Waals surface area contributed by atoms with Crippen LogP contribution in [0, 0.1) is 0 Å². The number of rotatable bonds is 4. The Balaban J connectivity index is 2.27. The quantitative estimate of drug-likeness (QED) is 0.841. The summed E-state index contributed by atoms with van der Waals surface area (Å²) in [5.41, 5.74) is 7.72. The van der Waals surface area contributed by atoms with Crippen LogP contribution in [0.5, 0.6) is 5.88 Å². The predicted octanol–water partition coefficient (Wildman–Crippen LogP) is 1.38. The molecule has 4 nitrogen and oxygen atoms in total. The van der Waals surface area contributed by atoms with Crippen molar-refractivity contribution in [2.45, 2.75) is 6.42 Å². The minimum absolute atomic E-state index is 0.671. The van der Waals surface area contributed by atoms with Gasteiger partial charge in [0.15, 0.2) is 0 Å². The molecule has 0 aliphatic rings. The SMILES string of the molecule is COc1ccnn1-c1ccc(CCN)cc1. The largest absolute Gasteiger partial charge is 0.481 e. The molecular formula is C12H15N3O. The summed E-state index contributed by atoms with van der Waals surface area (Å²) in [6.07, 6.45) is 2.61. The zero-order valence-electron chi connectivity index (χ0n) is 9.26. The maximum Gasteiger partial charge on any atom is 0.216 e. The summed E-state index contributed by atoms with van der Waals surface area (Å²) in [5, 5.41) is 4.20. The second-order valence-electron chi connectivity index (χ2n) is 3.49. The number of aromatic nitrogens is 2. The lowest BCUT2D eigenvalue weighted by molar-refractivity contribution is 0.383. The summed E-state index contributed by atoms with van der Waals surface area (Å²) in [5.74, 6) is 0.728. The van der Waals surface area contributed by atoms with E-state index in [-0.39, 0.29) is 0 Å². The van der Waals surface area contributed by atoms with Gasteiger partial charge in [0, 0.05) is 6.07 Å². The van der Waals surface area contributed by atoms with Crippen LogP contribution in [0.2, 0.25) is 0 Å². The first-order valence-corrected chi connectivity index (χ1v) is 5.22. The van der Waals surface area contributed by atoms with Crippen LogP contribution in [0.25, 0.3) is 5.69 Å². The van der Waals surface area contributed by atoms with Crippen LogP contribution < -0.4 is 10.5 Å². The Bertz CT molecular complexity index is 448. The highest BCUT2D eigenvalue weighted by molar-refractivity contribution is 5.37. The topological polar surface area (TPSA) is 53.1 Å². The first-order valence-electron chi connectivity index (χ1n) is 5.22. The second-order valence-corrected chi connectivity index (χ2v) is 3.49. The molecule has 2 N–H and O–H groups in total. The first kappa shape index (κ1) is 10.7. The van der Waals surface area contributed by atoms with Crippen molar-refractivity contribution in [3.05, 3.63) is 42.1 Å². The van der Waals surface area contributed by atoms with Crippen molar-refractivity contribution < 1.29 is 4.74 Å². The first-order chi connectivity index (χ1) is 7.85. The summed E-state index contributed by atoms with van der Waals surface area (Å²) >= 11 is 0. The summed E-state index contributed by atoms with van der Waals surface area (Å²) in [6.45, 7) is 0.671. The molecule has 0 saturated carbocycles. The van der Waals surface area contributed by atoms with Crippen molar-refractivity contribution in [1.29, 1.82) is 0 Å². The fourth-order valence-electron chi connectivity index (χ4n) is 1.61. The molecule has 0 fully saturated rings. The highest BCUT2D eigenvalue weighted by atomic mass is 16.5. The highest BCUT2D eigenvalue weighted by Crippen LogP contribution is 2.16. The molecular weight excluding hydrogens is 202 g/mol. The minimum Gasteiger partial charge on any atom is -0.481 e. The van der Waals surface area contributed by atoms with Crippen molar-refractivity contribution in [1.82, 2.24) is 9.78 Å². The minimum atomic E-state index is 0.671. The van der Waals surface area contributed by atoms with Crippen LogP contribution in [0.1, 0.15) is 5.56 Å². The molecule has 0 bridgehead atoms. The number of hydrogen-bond acceptors (Lipinski definition) is 3. The lowest BCUT2D eigenvalue weighted by Crippen LogP contribution is -2.03. The molecule has 1 aromatic carbocycles. The molecule has 0 atom stereocenters. The Morgan fingerprint density at radius 1 is 1.25 bits per heavy atom. The van der Waals surface area contributed by atoms with Crippen LogP contribution >= 0.6 is 0 Å². The molecule has 0 unspecified atom stereocenters. The van der Waals surface area contributed by atoms with Crippen LogP contribution in [0.15, 0.2) is 36.5 Å². The van der Waals surface area contributed by atoms with E-state index in [0.29, 0.717) is 6.54 Å². The van der Waals surface area contributed by atoms with Gasteiger partial charge >= 0.3 is 0 Å². The average Bonchev–Trinajstić information content (AvgIpc) is 2.78. The van der Waals surface area contributed by atoms with Gasteiger partial charge in [0.2, 0.25) is 5.88 Å². The van der Waals surface area contributed by atoms with E-state index in [0.717, 1.165) is 18.0 Å². The highest BCUT2D eigenvalue weighted by Gasteiger charge is 2.03. The number of hydrogen-bond donors (Lipinski definition) is 1. The molecule has 0 spiro atoms. The maximum atomic E-state index is 5.50. The van der Waals surface area contributed by atoms with Gasteiger partial charge in [-0.25, -0.2) is 4.68 Å². The van der Waals surface area contributed by atoms with Gasteiger partial charge in [0.05, 0.1) is 19.0 Å². The molecule has 0 saturated heterocycles. The maximum absolute atomic E-state index is 5.50. The average molecular weight is 217 g/mol. The smallest absolute Gasteiger partial charge is 0.216 e. The third-order valence-electron chi connectivity index (χ3n) is 2.43. The summed E-state index contributed by atoms with van der Waals surface area (Å²) < 4.78 is 6.95. The van der Waals surface area contributed by atoms with Crippen LogP contribution in [-0.2, 0) is 6.42 Å². The molecule has 2 rings (SSSR count). The standard InChI is InChI=1S/C12H15N3O/c1-16-12-7-9-14-15(12)11-4-2-10(3-5-11)6-8-13/h2-5,7,9H,6,8,13H2,1H3. The van der Waals surface area contributed by atoms with Crippen molar-refractivity contribution in [2.24, 2.45) is 5.73 Å². The molecule has 84 valence electrons. The van der Waals surface area contributed by atoms with Gasteiger partial charge in [-0.1, -0.05) is 12.1 Å². The van der Waals surface area contributed by atoms with E-state index in [1.54, 1.807) is 18.0 Å². The van der Waals surface area contributed by atoms with Gasteiger partial charge < -0.3 is 10.5 Å². The van der Waals surface area contributed by atoms with Crippen LogP contribution in [-0.4, -0.2) is 23.4 Å². The fraction of sp³-hybridized carbons (Fsp3) is 0.250. The third kappa shape index (κ3) is 2.06. The van der Waals surface area contributed by atoms with E-state index in [1.165, 1.54) is 5.56 Å². The predicted molar refractivity (Wildman–Crippen MR) is 62.9 cm³/mol. The molecule has 1 aromatic heterocycles. The fourth-order valence-corrected chi connectivity index (χ4v) is 1.61. The Morgan fingerprint density at radius 3 is 2.62 bits per heavy atom. The van der Waals surface area contributed by atoms with Gasteiger partial charge in [-0.2, -0.15) is 5.10 Å². The van der Waals surface area contributed by atoms with E-state index in [9.17, 15) is 0 Å². The van der Waals surface area contributed by atoms with Crippen LogP contribution in [0.4, 0.5) is 0 Å². The van der Waals surface area contributed by atoms with Crippen molar-refractivity contribution in [3.8, 4) is 11.6 Å². The number of benzene rings is 1. The van der Waals surface area contributed by atoms with Crippen molar-refractivity contribution in [3.63, 3.8) is 0 Å². The summed E-state index contributed by atoms with van der Waals surface area (Å²) in [6, 6.07) is 9.97. The Hall–Kier alpha value is -1.81. The normalized spacial score (nSPS) is 10.4. The molecule has 4 heteroatoms. The number of ether oxygens (including phenoxy) is 1. The van der Waals surface area contributed by atoms with Gasteiger partial charge in [0.25, 0.3) is 0 Å². The van der Waals surface area contributed by atoms with Crippen molar-refractivity contribution >= 4 is 0 Å². The third-order valence-corrected chi connectivity index (χ3v) is 2.43. The van der Waals surface area contributed by atoms with Gasteiger partial charge in [-0.05, 0) is 30.7 Å². The lowest BCUT2D eigenvalue weighted by Gasteiger charge is -2.06. The molecule has 0 radical (unpaired) electrons. The molecule has 2 aromatic rings. The van der Waals surface area contributed by atoms with E-state index < -0.39 is 0 Å². The zero-order chi connectivity index (χ0) is 11.4. The lowest BCUT2D eigenvalue weighted by atomic mass is 10.1. The molecule has 0 aliphatic heterocycles. The number of methoxy groups -OCH3 is 1. The molecule has 1 heterocycles. The molecule has 16 heavy (non-hydrogen) atoms. The van der Waals surface area contributed by atoms with Crippen molar-refractivity contribution in [2.75, 3.05) is 13.7 Å². The van der Waals surface area contributed by atoms with E-state index in [4.69, 9.17) is 10.5 Å². The van der Waals surface area contributed by atoms with E-state index in [1.807, 2.05) is 18.2 Å².